The summed E-state index contributed by atoms with van der Waals surface area (Å²) in [6.45, 7) is 3.99. The van der Waals surface area contributed by atoms with Gasteiger partial charge in [-0.15, -0.1) is 0 Å². The first-order chi connectivity index (χ1) is 12.6. The van der Waals surface area contributed by atoms with E-state index in [2.05, 4.69) is 12.2 Å². The molecule has 1 N–H and O–H groups in total. The van der Waals surface area contributed by atoms with Crippen molar-refractivity contribution >= 4 is 11.8 Å². The summed E-state index contributed by atoms with van der Waals surface area (Å²) in [5.74, 6) is 1.21. The number of hydrogen-bond acceptors (Lipinski definition) is 4. The normalized spacial score (nSPS) is 16.7. The zero-order valence-electron chi connectivity index (χ0n) is 16.0. The van der Waals surface area contributed by atoms with Gasteiger partial charge in [0.05, 0.1) is 20.1 Å². The molecular weight excluding hydrogens is 332 g/mol. The highest BCUT2D eigenvalue weighted by Gasteiger charge is 2.33. The van der Waals surface area contributed by atoms with Gasteiger partial charge in [-0.2, -0.15) is 0 Å². The molecular formula is C20H30N2O4. The maximum Gasteiger partial charge on any atom is 0.225 e. The Morgan fingerprint density at radius 1 is 1.23 bits per heavy atom. The third-order valence-electron chi connectivity index (χ3n) is 4.78. The minimum absolute atomic E-state index is 0.0307. The quantitative estimate of drug-likeness (QED) is 0.649. The second kappa shape index (κ2) is 10.0. The summed E-state index contributed by atoms with van der Waals surface area (Å²) in [4.78, 5) is 26.2. The number of nitrogens with zero attached hydrogens (tertiary/aromatic N) is 1. The number of carbonyl (C=O) groups excluding carboxylic acids is 2. The lowest BCUT2D eigenvalue weighted by Gasteiger charge is -2.16. The van der Waals surface area contributed by atoms with Crippen LogP contribution in [0.2, 0.25) is 0 Å². The number of amides is 2. The molecule has 0 unspecified atom stereocenters. The summed E-state index contributed by atoms with van der Waals surface area (Å²) >= 11 is 0. The van der Waals surface area contributed by atoms with E-state index in [9.17, 15) is 9.59 Å². The molecule has 0 saturated carbocycles. The summed E-state index contributed by atoms with van der Waals surface area (Å²) < 4.78 is 10.5. The number of rotatable bonds is 10. The van der Waals surface area contributed by atoms with E-state index in [-0.39, 0.29) is 17.7 Å². The lowest BCUT2D eigenvalue weighted by Crippen LogP contribution is -2.34. The van der Waals surface area contributed by atoms with Crippen LogP contribution in [-0.2, 0) is 16.0 Å². The van der Waals surface area contributed by atoms with Crippen LogP contribution in [0.1, 0.15) is 38.2 Å². The summed E-state index contributed by atoms with van der Waals surface area (Å²) in [5.41, 5.74) is 1.06. The first kappa shape index (κ1) is 20.1. The zero-order valence-corrected chi connectivity index (χ0v) is 16.0. The molecule has 0 spiro atoms. The van der Waals surface area contributed by atoms with Gasteiger partial charge in [-0.25, -0.2) is 0 Å². The van der Waals surface area contributed by atoms with Crippen molar-refractivity contribution in [2.45, 2.75) is 39.0 Å². The third kappa shape index (κ3) is 5.38. The average Bonchev–Trinajstić information content (AvgIpc) is 3.02. The van der Waals surface area contributed by atoms with Crippen LogP contribution in [0.25, 0.3) is 0 Å². The monoisotopic (exact) mass is 362 g/mol. The Morgan fingerprint density at radius 2 is 2.00 bits per heavy atom. The van der Waals surface area contributed by atoms with Gasteiger partial charge < -0.3 is 19.7 Å². The molecule has 6 nitrogen and oxygen atoms in total. The van der Waals surface area contributed by atoms with Gasteiger partial charge in [-0.05, 0) is 30.5 Å². The first-order valence-corrected chi connectivity index (χ1v) is 9.35. The van der Waals surface area contributed by atoms with Crippen LogP contribution >= 0.6 is 0 Å². The molecule has 1 aromatic carbocycles. The Hall–Kier alpha value is -2.24. The topological polar surface area (TPSA) is 67.9 Å². The zero-order chi connectivity index (χ0) is 18.9. The predicted molar refractivity (Wildman–Crippen MR) is 100 cm³/mol. The molecule has 1 aliphatic rings. The van der Waals surface area contributed by atoms with Crippen LogP contribution in [0, 0.1) is 5.92 Å². The molecule has 1 aromatic rings. The summed E-state index contributed by atoms with van der Waals surface area (Å²) in [5, 5.41) is 2.96. The van der Waals surface area contributed by atoms with Crippen LogP contribution in [0.3, 0.4) is 0 Å². The average molecular weight is 362 g/mol. The Labute approximate surface area is 155 Å². The van der Waals surface area contributed by atoms with Crippen molar-refractivity contribution in [2.75, 3.05) is 33.9 Å². The van der Waals surface area contributed by atoms with E-state index in [1.54, 1.807) is 14.2 Å². The van der Waals surface area contributed by atoms with Crippen molar-refractivity contribution in [1.29, 1.82) is 0 Å². The molecule has 1 fully saturated rings. The molecule has 26 heavy (non-hydrogen) atoms. The second-order valence-corrected chi connectivity index (χ2v) is 6.68. The van der Waals surface area contributed by atoms with E-state index in [1.807, 2.05) is 23.1 Å². The fraction of sp³-hybridized carbons (Fsp3) is 0.600. The highest BCUT2D eigenvalue weighted by atomic mass is 16.5. The Morgan fingerprint density at radius 3 is 2.69 bits per heavy atom. The van der Waals surface area contributed by atoms with Gasteiger partial charge in [0.2, 0.25) is 11.8 Å². The third-order valence-corrected chi connectivity index (χ3v) is 4.78. The number of methoxy groups -OCH3 is 2. The highest BCUT2D eigenvalue weighted by Crippen LogP contribution is 2.27. The fourth-order valence-electron chi connectivity index (χ4n) is 3.23. The molecule has 6 heteroatoms. The molecule has 1 heterocycles. The van der Waals surface area contributed by atoms with Gasteiger partial charge in [0.1, 0.15) is 0 Å². The second-order valence-electron chi connectivity index (χ2n) is 6.68. The van der Waals surface area contributed by atoms with Gasteiger partial charge in [0.25, 0.3) is 0 Å². The van der Waals surface area contributed by atoms with E-state index in [0.29, 0.717) is 37.4 Å². The number of unbranched alkanes of at least 4 members (excludes halogenated alkanes) is 2. The minimum atomic E-state index is -0.227. The van der Waals surface area contributed by atoms with Gasteiger partial charge in [0, 0.05) is 26.1 Å². The summed E-state index contributed by atoms with van der Waals surface area (Å²) in [6, 6.07) is 5.74. The van der Waals surface area contributed by atoms with E-state index >= 15 is 0 Å². The van der Waals surface area contributed by atoms with E-state index in [0.717, 1.165) is 31.4 Å². The van der Waals surface area contributed by atoms with E-state index < -0.39 is 0 Å². The van der Waals surface area contributed by atoms with E-state index in [1.165, 1.54) is 0 Å². The van der Waals surface area contributed by atoms with Gasteiger partial charge in [0.15, 0.2) is 11.5 Å². The number of ether oxygens (including phenoxy) is 2. The Bertz CT molecular complexity index is 618. The Balaban J connectivity index is 1.78. The van der Waals surface area contributed by atoms with Gasteiger partial charge >= 0.3 is 0 Å². The maximum atomic E-state index is 12.3. The van der Waals surface area contributed by atoms with Crippen LogP contribution in [0.15, 0.2) is 18.2 Å². The van der Waals surface area contributed by atoms with Gasteiger partial charge in [-0.1, -0.05) is 25.8 Å². The summed E-state index contributed by atoms with van der Waals surface area (Å²) in [7, 11) is 3.21. The number of nitrogens with one attached hydrogen (secondary N) is 1. The first-order valence-electron chi connectivity index (χ1n) is 9.35. The predicted octanol–water partition coefficient (Wildman–Crippen LogP) is 2.40. The lowest BCUT2D eigenvalue weighted by molar-refractivity contribution is -0.129. The maximum absolute atomic E-state index is 12.3. The molecule has 2 rings (SSSR count). The molecule has 0 radical (unpaired) electrons. The molecule has 0 aromatic heterocycles. The fourth-order valence-corrected chi connectivity index (χ4v) is 3.23. The molecule has 0 aliphatic carbocycles. The standard InChI is InChI=1S/C20H30N2O4/c1-4-5-6-11-22-14-16(13-19(22)23)20(24)21-10-9-15-7-8-17(25-2)18(12-15)26-3/h7-8,12,16H,4-6,9-11,13-14H2,1-3H3,(H,21,24)/t16-/m1/s1. The smallest absolute Gasteiger partial charge is 0.225 e. The van der Waals surface area contributed by atoms with Crippen molar-refractivity contribution in [3.05, 3.63) is 23.8 Å². The highest BCUT2D eigenvalue weighted by molar-refractivity contribution is 5.89. The number of carbonyl (C=O) groups is 2. The number of likely N-dealkylation sites (tertiary alicyclic amines) is 1. The van der Waals surface area contributed by atoms with Gasteiger partial charge in [-0.3, -0.25) is 9.59 Å². The number of benzene rings is 1. The molecule has 1 atom stereocenters. The van der Waals surface area contributed by atoms with Crippen LogP contribution in [0.4, 0.5) is 0 Å². The Kier molecular flexibility index (Phi) is 7.75. The molecule has 0 bridgehead atoms. The molecule has 2 amide bonds. The van der Waals surface area contributed by atoms with E-state index in [4.69, 9.17) is 9.47 Å². The van der Waals surface area contributed by atoms with Crippen LogP contribution < -0.4 is 14.8 Å². The molecule has 1 aliphatic heterocycles. The summed E-state index contributed by atoms with van der Waals surface area (Å²) in [6.07, 6.45) is 4.28. The molecule has 1 saturated heterocycles. The lowest BCUT2D eigenvalue weighted by atomic mass is 10.1. The van der Waals surface area contributed by atoms with Crippen molar-refractivity contribution < 1.29 is 19.1 Å². The van der Waals surface area contributed by atoms with Crippen molar-refractivity contribution in [2.24, 2.45) is 5.92 Å². The minimum Gasteiger partial charge on any atom is -0.493 e. The van der Waals surface area contributed by atoms with Crippen LogP contribution in [0.5, 0.6) is 11.5 Å². The van der Waals surface area contributed by atoms with Crippen LogP contribution in [-0.4, -0.2) is 50.6 Å². The van der Waals surface area contributed by atoms with Crippen molar-refractivity contribution in [3.8, 4) is 11.5 Å². The largest absolute Gasteiger partial charge is 0.493 e. The SMILES string of the molecule is CCCCCN1C[C@H](C(=O)NCCc2ccc(OC)c(OC)c2)CC1=O. The number of hydrogen-bond donors (Lipinski definition) is 1. The van der Waals surface area contributed by atoms with Crippen molar-refractivity contribution in [3.63, 3.8) is 0 Å². The molecule has 144 valence electrons. The van der Waals surface area contributed by atoms with Crippen molar-refractivity contribution in [1.82, 2.24) is 10.2 Å².